The van der Waals surface area contributed by atoms with E-state index < -0.39 is 29.5 Å². The number of fused-ring (bicyclic) bond motifs is 1. The Hall–Kier alpha value is -3.94. The van der Waals surface area contributed by atoms with Crippen LogP contribution < -0.4 is 0 Å². The minimum absolute atomic E-state index is 0.0267. The Morgan fingerprint density at radius 1 is 0.812 bits per heavy atom. The van der Waals surface area contributed by atoms with Crippen molar-refractivity contribution in [3.63, 3.8) is 0 Å². The lowest BCUT2D eigenvalue weighted by Gasteiger charge is -2.14. The number of nitrogens with zero attached hydrogens (tertiary/aromatic N) is 1. The first kappa shape index (κ1) is 21.3. The van der Waals surface area contributed by atoms with Crippen molar-refractivity contribution in [1.29, 1.82) is 0 Å². The number of carbonyl (C=O) groups excluding carboxylic acids is 3. The zero-order valence-corrected chi connectivity index (χ0v) is 16.6. The Morgan fingerprint density at radius 2 is 1.44 bits per heavy atom. The van der Waals surface area contributed by atoms with E-state index in [2.05, 4.69) is 0 Å². The van der Waals surface area contributed by atoms with Gasteiger partial charge in [0.15, 0.2) is 0 Å². The van der Waals surface area contributed by atoms with E-state index in [0.29, 0.717) is 16.7 Å². The fourth-order valence-electron chi connectivity index (χ4n) is 3.43. The molecular weight excluding hydrogens is 423 g/mol. The van der Waals surface area contributed by atoms with Gasteiger partial charge in [-0.05, 0) is 47.5 Å². The second-order valence-corrected chi connectivity index (χ2v) is 7.22. The van der Waals surface area contributed by atoms with Crippen LogP contribution in [0.15, 0.2) is 72.8 Å². The Bertz CT molecular complexity index is 1180. The number of halogens is 3. The average molecular weight is 439 g/mol. The normalized spacial score (nSPS) is 13.3. The van der Waals surface area contributed by atoms with E-state index >= 15 is 0 Å². The highest BCUT2D eigenvalue weighted by Gasteiger charge is 2.35. The van der Waals surface area contributed by atoms with Crippen molar-refractivity contribution < 1.29 is 32.3 Å². The summed E-state index contributed by atoms with van der Waals surface area (Å²) < 4.78 is 43.6. The summed E-state index contributed by atoms with van der Waals surface area (Å²) in [5, 5.41) is 0. The first-order valence-electron chi connectivity index (χ1n) is 9.61. The van der Waals surface area contributed by atoms with Crippen molar-refractivity contribution >= 4 is 17.8 Å². The van der Waals surface area contributed by atoms with E-state index in [-0.39, 0.29) is 24.3 Å². The highest BCUT2D eigenvalue weighted by molar-refractivity contribution is 6.21. The van der Waals surface area contributed by atoms with Crippen molar-refractivity contribution in [2.24, 2.45) is 0 Å². The van der Waals surface area contributed by atoms with E-state index in [4.69, 9.17) is 4.74 Å². The number of alkyl halides is 3. The Kier molecular flexibility index (Phi) is 5.52. The summed E-state index contributed by atoms with van der Waals surface area (Å²) in [6, 6.07) is 17.3. The summed E-state index contributed by atoms with van der Waals surface area (Å²) in [6.45, 7) is -0.355. The summed E-state index contributed by atoms with van der Waals surface area (Å²) in [7, 11) is 0. The van der Waals surface area contributed by atoms with Crippen LogP contribution in [0.4, 0.5) is 13.2 Å². The van der Waals surface area contributed by atoms with E-state index in [1.807, 2.05) is 0 Å². The van der Waals surface area contributed by atoms with Crippen molar-refractivity contribution in [1.82, 2.24) is 4.90 Å². The molecule has 162 valence electrons. The van der Waals surface area contributed by atoms with Crippen LogP contribution in [0.1, 0.15) is 47.8 Å². The molecule has 8 heteroatoms. The minimum Gasteiger partial charge on any atom is -0.457 e. The second-order valence-electron chi connectivity index (χ2n) is 7.22. The van der Waals surface area contributed by atoms with Crippen LogP contribution in [0, 0.1) is 0 Å². The van der Waals surface area contributed by atoms with Gasteiger partial charge in [-0.1, -0.05) is 36.4 Å². The molecule has 3 aromatic rings. The topological polar surface area (TPSA) is 63.7 Å². The SMILES string of the molecule is O=C(OCc1cccc(C(F)(F)F)c1)c1cccc(CN2C(=O)c3ccccc3C2=O)c1. The Labute approximate surface area is 181 Å². The number of benzene rings is 3. The van der Waals surface area contributed by atoms with Crippen LogP contribution >= 0.6 is 0 Å². The maximum atomic E-state index is 12.8. The Balaban J connectivity index is 1.44. The molecule has 0 spiro atoms. The molecule has 0 fully saturated rings. The average Bonchev–Trinajstić information content (AvgIpc) is 3.02. The molecule has 0 aliphatic carbocycles. The lowest BCUT2D eigenvalue weighted by atomic mass is 10.1. The third kappa shape index (κ3) is 4.25. The summed E-state index contributed by atoms with van der Waals surface area (Å²) in [6.07, 6.45) is -4.49. The third-order valence-corrected chi connectivity index (χ3v) is 5.01. The molecule has 0 saturated carbocycles. The van der Waals surface area contributed by atoms with Gasteiger partial charge in [0.2, 0.25) is 0 Å². The standard InChI is InChI=1S/C24H16F3NO4/c25-24(26,27)18-8-4-6-16(12-18)14-32-23(31)17-7-3-5-15(11-17)13-28-21(29)19-9-1-2-10-20(19)22(28)30/h1-12H,13-14H2. The quantitative estimate of drug-likeness (QED) is 0.421. The zero-order valence-electron chi connectivity index (χ0n) is 16.6. The molecule has 4 rings (SSSR count). The molecule has 1 aliphatic heterocycles. The molecule has 0 unspecified atom stereocenters. The molecule has 2 amide bonds. The number of hydrogen-bond donors (Lipinski definition) is 0. The summed E-state index contributed by atoms with van der Waals surface area (Å²) in [5.74, 6) is -1.56. The summed E-state index contributed by atoms with van der Waals surface area (Å²) in [4.78, 5) is 38.5. The maximum Gasteiger partial charge on any atom is 0.416 e. The minimum atomic E-state index is -4.49. The molecule has 3 aromatic carbocycles. The molecular formula is C24H16F3NO4. The largest absolute Gasteiger partial charge is 0.457 e. The third-order valence-electron chi connectivity index (χ3n) is 5.01. The van der Waals surface area contributed by atoms with E-state index in [9.17, 15) is 27.6 Å². The first-order valence-corrected chi connectivity index (χ1v) is 9.61. The second kappa shape index (κ2) is 8.30. The van der Waals surface area contributed by atoms with Gasteiger partial charge in [0, 0.05) is 0 Å². The maximum absolute atomic E-state index is 12.8. The zero-order chi connectivity index (χ0) is 22.9. The smallest absolute Gasteiger partial charge is 0.416 e. The first-order chi connectivity index (χ1) is 15.2. The number of imide groups is 1. The van der Waals surface area contributed by atoms with Gasteiger partial charge < -0.3 is 4.74 Å². The van der Waals surface area contributed by atoms with E-state index in [0.717, 1.165) is 17.0 Å². The highest BCUT2D eigenvalue weighted by Crippen LogP contribution is 2.30. The van der Waals surface area contributed by atoms with E-state index in [1.54, 1.807) is 36.4 Å². The lowest BCUT2D eigenvalue weighted by molar-refractivity contribution is -0.137. The van der Waals surface area contributed by atoms with Gasteiger partial charge in [-0.2, -0.15) is 13.2 Å². The fourth-order valence-corrected chi connectivity index (χ4v) is 3.43. The van der Waals surface area contributed by atoms with Gasteiger partial charge in [-0.25, -0.2) is 4.79 Å². The monoisotopic (exact) mass is 439 g/mol. The summed E-state index contributed by atoms with van der Waals surface area (Å²) >= 11 is 0. The summed E-state index contributed by atoms with van der Waals surface area (Å²) in [5.41, 5.74) is 0.728. The Morgan fingerprint density at radius 3 is 2.09 bits per heavy atom. The van der Waals surface area contributed by atoms with Gasteiger partial charge in [0.25, 0.3) is 11.8 Å². The predicted molar refractivity (Wildman–Crippen MR) is 108 cm³/mol. The van der Waals surface area contributed by atoms with Crippen molar-refractivity contribution in [3.05, 3.63) is 106 Å². The van der Waals surface area contributed by atoms with Crippen LogP contribution in [-0.2, 0) is 24.1 Å². The number of amides is 2. The molecule has 0 radical (unpaired) electrons. The van der Waals surface area contributed by atoms with Crippen LogP contribution in [0.2, 0.25) is 0 Å². The number of rotatable bonds is 5. The number of hydrogen-bond acceptors (Lipinski definition) is 4. The van der Waals surface area contributed by atoms with Gasteiger partial charge in [-0.15, -0.1) is 0 Å². The molecule has 0 saturated heterocycles. The van der Waals surface area contributed by atoms with Crippen molar-refractivity contribution in [2.45, 2.75) is 19.3 Å². The van der Waals surface area contributed by atoms with Crippen molar-refractivity contribution in [3.8, 4) is 0 Å². The van der Waals surface area contributed by atoms with Crippen LogP contribution in [0.25, 0.3) is 0 Å². The number of carbonyl (C=O) groups is 3. The molecule has 32 heavy (non-hydrogen) atoms. The number of ether oxygens (including phenoxy) is 1. The van der Waals surface area contributed by atoms with Gasteiger partial charge in [-0.3, -0.25) is 14.5 Å². The van der Waals surface area contributed by atoms with Crippen molar-refractivity contribution in [2.75, 3.05) is 0 Å². The van der Waals surface area contributed by atoms with Crippen LogP contribution in [-0.4, -0.2) is 22.7 Å². The predicted octanol–water partition coefficient (Wildman–Crippen LogP) is 4.86. The van der Waals surface area contributed by atoms with Gasteiger partial charge in [0.05, 0.1) is 28.8 Å². The molecule has 0 bridgehead atoms. The molecule has 0 N–H and O–H groups in total. The van der Waals surface area contributed by atoms with Gasteiger partial charge in [0.1, 0.15) is 6.61 Å². The molecule has 0 atom stereocenters. The molecule has 0 aromatic heterocycles. The van der Waals surface area contributed by atoms with Crippen LogP contribution in [0.3, 0.4) is 0 Å². The van der Waals surface area contributed by atoms with Crippen LogP contribution in [0.5, 0.6) is 0 Å². The van der Waals surface area contributed by atoms with Gasteiger partial charge >= 0.3 is 12.1 Å². The molecule has 1 heterocycles. The molecule has 5 nitrogen and oxygen atoms in total. The fraction of sp³-hybridized carbons (Fsp3) is 0.125. The molecule has 1 aliphatic rings. The number of esters is 1. The highest BCUT2D eigenvalue weighted by atomic mass is 19.4. The van der Waals surface area contributed by atoms with E-state index in [1.165, 1.54) is 24.3 Å². The lowest BCUT2D eigenvalue weighted by Crippen LogP contribution is -2.29.